The lowest BCUT2D eigenvalue weighted by Gasteiger charge is -2.08. The topological polar surface area (TPSA) is 71.1 Å². The number of thiazole rings is 1. The maximum atomic E-state index is 13.7. The molecule has 8 heteroatoms. The Kier molecular flexibility index (Phi) is 4.81. The van der Waals surface area contributed by atoms with Crippen LogP contribution in [0, 0.1) is 5.82 Å². The molecule has 20 heavy (non-hydrogen) atoms. The number of benzene rings is 1. The molecule has 1 aromatic carbocycles. The third-order valence-electron chi connectivity index (χ3n) is 2.56. The van der Waals surface area contributed by atoms with E-state index >= 15 is 0 Å². The summed E-state index contributed by atoms with van der Waals surface area (Å²) in [5.41, 5.74) is 0.698. The minimum absolute atomic E-state index is 0.0513. The van der Waals surface area contributed by atoms with Crippen LogP contribution >= 0.6 is 11.3 Å². The van der Waals surface area contributed by atoms with Crippen LogP contribution in [0.1, 0.15) is 10.6 Å². The molecule has 1 aromatic heterocycles. The Morgan fingerprint density at radius 2 is 2.15 bits per heavy atom. The molecule has 2 aromatic rings. The summed E-state index contributed by atoms with van der Waals surface area (Å²) in [4.78, 5) is 3.62. The van der Waals surface area contributed by atoms with Crippen LogP contribution in [0.3, 0.4) is 0 Å². The van der Waals surface area contributed by atoms with Crippen LogP contribution < -0.4 is 10.0 Å². The summed E-state index contributed by atoms with van der Waals surface area (Å²) in [7, 11) is -2.16. The molecule has 0 atom stereocenters. The van der Waals surface area contributed by atoms with E-state index in [1.807, 2.05) is 0 Å². The summed E-state index contributed by atoms with van der Waals surface area (Å²) in [5, 5.41) is 5.26. The van der Waals surface area contributed by atoms with E-state index in [1.54, 1.807) is 24.7 Å². The van der Waals surface area contributed by atoms with Crippen LogP contribution in [0.15, 0.2) is 34.7 Å². The van der Waals surface area contributed by atoms with Crippen molar-refractivity contribution in [1.82, 2.24) is 15.0 Å². The van der Waals surface area contributed by atoms with E-state index in [2.05, 4.69) is 15.0 Å². The summed E-state index contributed by atoms with van der Waals surface area (Å²) < 4.78 is 40.3. The standard InChI is InChI=1S/C12H14FN3O2S2/c1-14-7-9-2-3-10(13)11(6-9)20(17,18)16-8-12-15-4-5-19-12/h2-6,14,16H,7-8H2,1H3. The molecule has 0 aliphatic rings. The average Bonchev–Trinajstić information content (AvgIpc) is 2.92. The van der Waals surface area contributed by atoms with E-state index in [0.717, 1.165) is 6.07 Å². The van der Waals surface area contributed by atoms with E-state index < -0.39 is 15.8 Å². The van der Waals surface area contributed by atoms with Gasteiger partial charge in [0.05, 0.1) is 6.54 Å². The highest BCUT2D eigenvalue weighted by molar-refractivity contribution is 7.89. The number of halogens is 1. The largest absolute Gasteiger partial charge is 0.316 e. The minimum Gasteiger partial charge on any atom is -0.316 e. The van der Waals surface area contributed by atoms with E-state index in [-0.39, 0.29) is 11.4 Å². The third kappa shape index (κ3) is 3.60. The van der Waals surface area contributed by atoms with Gasteiger partial charge in [0.2, 0.25) is 10.0 Å². The molecule has 0 saturated carbocycles. The monoisotopic (exact) mass is 315 g/mol. The second-order valence-electron chi connectivity index (χ2n) is 4.05. The fourth-order valence-corrected chi connectivity index (χ4v) is 3.40. The Hall–Kier alpha value is -1.35. The SMILES string of the molecule is CNCc1ccc(F)c(S(=O)(=O)NCc2nccs2)c1. The van der Waals surface area contributed by atoms with Crippen LogP contribution in [-0.4, -0.2) is 20.4 Å². The fourth-order valence-electron chi connectivity index (χ4n) is 1.64. The van der Waals surface area contributed by atoms with Crippen molar-refractivity contribution in [3.63, 3.8) is 0 Å². The van der Waals surface area contributed by atoms with E-state index in [1.165, 1.54) is 17.4 Å². The van der Waals surface area contributed by atoms with Crippen LogP contribution in [0.4, 0.5) is 4.39 Å². The fraction of sp³-hybridized carbons (Fsp3) is 0.250. The molecule has 0 bridgehead atoms. The molecule has 0 unspecified atom stereocenters. The van der Waals surface area contributed by atoms with Gasteiger partial charge in [-0.25, -0.2) is 22.5 Å². The van der Waals surface area contributed by atoms with Crippen LogP contribution in [0.5, 0.6) is 0 Å². The number of sulfonamides is 1. The summed E-state index contributed by atoms with van der Waals surface area (Å²) >= 11 is 1.33. The van der Waals surface area contributed by atoms with Gasteiger partial charge < -0.3 is 5.32 Å². The Balaban J connectivity index is 2.21. The highest BCUT2D eigenvalue weighted by Gasteiger charge is 2.19. The van der Waals surface area contributed by atoms with Crippen molar-refractivity contribution < 1.29 is 12.8 Å². The van der Waals surface area contributed by atoms with Crippen molar-refractivity contribution >= 4 is 21.4 Å². The molecule has 5 nitrogen and oxygen atoms in total. The zero-order valence-corrected chi connectivity index (χ0v) is 12.4. The van der Waals surface area contributed by atoms with E-state index in [9.17, 15) is 12.8 Å². The van der Waals surface area contributed by atoms with Gasteiger partial charge in [-0.15, -0.1) is 11.3 Å². The Labute approximate surface area is 120 Å². The molecule has 0 aliphatic carbocycles. The van der Waals surface area contributed by atoms with Gasteiger partial charge in [0, 0.05) is 18.1 Å². The van der Waals surface area contributed by atoms with Crippen molar-refractivity contribution in [2.45, 2.75) is 18.0 Å². The molecule has 0 aliphatic heterocycles. The van der Waals surface area contributed by atoms with Crippen LogP contribution in [-0.2, 0) is 23.1 Å². The molecule has 0 spiro atoms. The smallest absolute Gasteiger partial charge is 0.243 e. The van der Waals surface area contributed by atoms with Gasteiger partial charge in [0.15, 0.2) is 0 Å². The Morgan fingerprint density at radius 1 is 1.35 bits per heavy atom. The molecule has 108 valence electrons. The van der Waals surface area contributed by atoms with Crippen molar-refractivity contribution in [2.24, 2.45) is 0 Å². The molecule has 2 N–H and O–H groups in total. The lowest BCUT2D eigenvalue weighted by atomic mass is 10.2. The first kappa shape index (κ1) is 15.0. The maximum Gasteiger partial charge on any atom is 0.243 e. The van der Waals surface area contributed by atoms with Crippen LogP contribution in [0.2, 0.25) is 0 Å². The number of nitrogens with zero attached hydrogens (tertiary/aromatic N) is 1. The lowest BCUT2D eigenvalue weighted by molar-refractivity contribution is 0.555. The van der Waals surface area contributed by atoms with Gasteiger partial charge in [-0.05, 0) is 24.7 Å². The van der Waals surface area contributed by atoms with Crippen molar-refractivity contribution in [3.8, 4) is 0 Å². The summed E-state index contributed by atoms with van der Waals surface area (Å²) in [6.45, 7) is 0.519. The van der Waals surface area contributed by atoms with Crippen LogP contribution in [0.25, 0.3) is 0 Å². The minimum atomic E-state index is -3.89. The number of hydrogen-bond donors (Lipinski definition) is 2. The van der Waals surface area contributed by atoms with Gasteiger partial charge >= 0.3 is 0 Å². The first-order valence-corrected chi connectivity index (χ1v) is 8.20. The van der Waals surface area contributed by atoms with Gasteiger partial charge in [-0.1, -0.05) is 6.07 Å². The van der Waals surface area contributed by atoms with E-state index in [4.69, 9.17) is 0 Å². The van der Waals surface area contributed by atoms with Gasteiger partial charge in [-0.2, -0.15) is 0 Å². The van der Waals surface area contributed by atoms with Crippen molar-refractivity contribution in [2.75, 3.05) is 7.05 Å². The normalized spacial score (nSPS) is 11.7. The number of hydrogen-bond acceptors (Lipinski definition) is 5. The second kappa shape index (κ2) is 6.40. The number of rotatable bonds is 6. The molecule has 0 radical (unpaired) electrons. The second-order valence-corrected chi connectivity index (χ2v) is 6.76. The zero-order chi connectivity index (χ0) is 14.6. The van der Waals surface area contributed by atoms with E-state index in [0.29, 0.717) is 17.1 Å². The first-order valence-electron chi connectivity index (χ1n) is 5.84. The Morgan fingerprint density at radius 3 is 2.80 bits per heavy atom. The third-order valence-corrected chi connectivity index (χ3v) is 4.76. The van der Waals surface area contributed by atoms with Gasteiger partial charge in [0.25, 0.3) is 0 Å². The van der Waals surface area contributed by atoms with Crippen molar-refractivity contribution in [1.29, 1.82) is 0 Å². The number of nitrogens with one attached hydrogen (secondary N) is 2. The first-order chi connectivity index (χ1) is 9.53. The molecule has 0 saturated heterocycles. The summed E-state index contributed by atoms with van der Waals surface area (Å²) in [5.74, 6) is -0.767. The molecular weight excluding hydrogens is 301 g/mol. The summed E-state index contributed by atoms with van der Waals surface area (Å²) in [6, 6.07) is 4.03. The maximum absolute atomic E-state index is 13.7. The quantitative estimate of drug-likeness (QED) is 0.847. The predicted octanol–water partition coefficient (Wildman–Crippen LogP) is 1.48. The molecule has 2 rings (SSSR count). The molecular formula is C12H14FN3O2S2. The lowest BCUT2D eigenvalue weighted by Crippen LogP contribution is -2.24. The Bertz CT molecular complexity index is 672. The highest BCUT2D eigenvalue weighted by atomic mass is 32.2. The molecule has 0 fully saturated rings. The highest BCUT2D eigenvalue weighted by Crippen LogP contribution is 2.17. The van der Waals surface area contributed by atoms with Crippen molar-refractivity contribution in [3.05, 3.63) is 46.2 Å². The predicted molar refractivity (Wildman–Crippen MR) is 75.3 cm³/mol. The molecule has 1 heterocycles. The summed E-state index contributed by atoms with van der Waals surface area (Å²) in [6.07, 6.45) is 1.59. The average molecular weight is 315 g/mol. The van der Waals surface area contributed by atoms with Gasteiger partial charge in [-0.3, -0.25) is 0 Å². The molecule has 0 amide bonds. The van der Waals surface area contributed by atoms with Gasteiger partial charge in [0.1, 0.15) is 15.7 Å². The number of aromatic nitrogens is 1. The zero-order valence-electron chi connectivity index (χ0n) is 10.8.